The number of ether oxygens (including phenoxy) is 1. The van der Waals surface area contributed by atoms with E-state index < -0.39 is 0 Å². The Labute approximate surface area is 109 Å². The molecule has 0 saturated carbocycles. The molecule has 18 heavy (non-hydrogen) atoms. The highest BCUT2D eigenvalue weighted by Crippen LogP contribution is 2.20. The van der Waals surface area contributed by atoms with E-state index in [1.807, 2.05) is 30.3 Å². The summed E-state index contributed by atoms with van der Waals surface area (Å²) in [5, 5.41) is 0. The van der Waals surface area contributed by atoms with Crippen molar-refractivity contribution >= 4 is 11.5 Å². The van der Waals surface area contributed by atoms with Gasteiger partial charge in [0.05, 0.1) is 7.11 Å². The summed E-state index contributed by atoms with van der Waals surface area (Å²) in [6, 6.07) is 9.94. The largest absolute Gasteiger partial charge is 0.466 e. The molecule has 2 heteroatoms. The van der Waals surface area contributed by atoms with Crippen LogP contribution in [0.1, 0.15) is 32.3 Å². The Morgan fingerprint density at radius 1 is 1.22 bits per heavy atom. The highest BCUT2D eigenvalue weighted by Gasteiger charge is 2.04. The van der Waals surface area contributed by atoms with Gasteiger partial charge in [-0.3, -0.25) is 0 Å². The first-order chi connectivity index (χ1) is 8.63. The zero-order valence-electron chi connectivity index (χ0n) is 11.3. The van der Waals surface area contributed by atoms with E-state index in [0.717, 1.165) is 24.0 Å². The fourth-order valence-corrected chi connectivity index (χ4v) is 1.67. The lowest BCUT2D eigenvalue weighted by Crippen LogP contribution is -1.97. The summed E-state index contributed by atoms with van der Waals surface area (Å²) in [5.74, 6) is -0.300. The maximum Gasteiger partial charge on any atom is 0.330 e. The molecule has 1 aromatic rings. The summed E-state index contributed by atoms with van der Waals surface area (Å²) >= 11 is 0. The summed E-state index contributed by atoms with van der Waals surface area (Å²) in [6.45, 7) is 4.15. The van der Waals surface area contributed by atoms with Crippen LogP contribution in [0, 0.1) is 0 Å². The molecule has 2 nitrogen and oxygen atoms in total. The monoisotopic (exact) mass is 244 g/mol. The van der Waals surface area contributed by atoms with Gasteiger partial charge in [-0.2, -0.15) is 0 Å². The van der Waals surface area contributed by atoms with Crippen LogP contribution in [-0.4, -0.2) is 13.1 Å². The van der Waals surface area contributed by atoms with Crippen molar-refractivity contribution in [3.63, 3.8) is 0 Å². The molecule has 0 radical (unpaired) electrons. The maximum atomic E-state index is 11.4. The number of carbonyl (C=O) groups excluding carboxylic acids is 1. The molecule has 0 N–H and O–H groups in total. The van der Waals surface area contributed by atoms with Crippen molar-refractivity contribution in [2.45, 2.75) is 26.7 Å². The van der Waals surface area contributed by atoms with Crippen LogP contribution in [0.5, 0.6) is 0 Å². The number of rotatable bonds is 5. The topological polar surface area (TPSA) is 26.3 Å². The summed E-state index contributed by atoms with van der Waals surface area (Å²) in [6.07, 6.45) is 5.52. The molecule has 0 bridgehead atoms. The van der Waals surface area contributed by atoms with E-state index in [-0.39, 0.29) is 5.97 Å². The zero-order chi connectivity index (χ0) is 13.4. The van der Waals surface area contributed by atoms with Gasteiger partial charge in [0, 0.05) is 6.08 Å². The minimum Gasteiger partial charge on any atom is -0.466 e. The SMILES string of the molecule is COC(=O)/C=C(/CCC=C(C)C)c1ccccc1. The van der Waals surface area contributed by atoms with Crippen molar-refractivity contribution < 1.29 is 9.53 Å². The van der Waals surface area contributed by atoms with Crippen LogP contribution in [0.15, 0.2) is 48.1 Å². The number of carbonyl (C=O) groups is 1. The third-order valence-electron chi connectivity index (χ3n) is 2.60. The Morgan fingerprint density at radius 3 is 2.44 bits per heavy atom. The van der Waals surface area contributed by atoms with Gasteiger partial charge in [0.25, 0.3) is 0 Å². The first-order valence-corrected chi connectivity index (χ1v) is 6.11. The van der Waals surface area contributed by atoms with Crippen molar-refractivity contribution in [3.05, 3.63) is 53.6 Å². The van der Waals surface area contributed by atoms with Crippen LogP contribution in [0.25, 0.3) is 5.57 Å². The van der Waals surface area contributed by atoms with E-state index in [2.05, 4.69) is 19.9 Å². The number of hydrogen-bond acceptors (Lipinski definition) is 2. The second-order valence-electron chi connectivity index (χ2n) is 4.38. The molecule has 0 heterocycles. The average molecular weight is 244 g/mol. The minimum absolute atomic E-state index is 0.300. The van der Waals surface area contributed by atoms with Crippen LogP contribution in [0.4, 0.5) is 0 Å². The van der Waals surface area contributed by atoms with Gasteiger partial charge in [-0.1, -0.05) is 42.0 Å². The fourth-order valence-electron chi connectivity index (χ4n) is 1.67. The van der Waals surface area contributed by atoms with Gasteiger partial charge in [-0.05, 0) is 37.8 Å². The Hall–Kier alpha value is -1.83. The molecule has 0 unspecified atom stereocenters. The van der Waals surface area contributed by atoms with E-state index in [9.17, 15) is 4.79 Å². The van der Waals surface area contributed by atoms with Gasteiger partial charge >= 0.3 is 5.97 Å². The molecule has 0 saturated heterocycles. The average Bonchev–Trinajstić information content (AvgIpc) is 2.38. The summed E-state index contributed by atoms with van der Waals surface area (Å²) in [7, 11) is 1.40. The van der Waals surface area contributed by atoms with Crippen LogP contribution < -0.4 is 0 Å². The maximum absolute atomic E-state index is 11.4. The van der Waals surface area contributed by atoms with E-state index >= 15 is 0 Å². The number of hydrogen-bond donors (Lipinski definition) is 0. The van der Waals surface area contributed by atoms with Crippen molar-refractivity contribution in [1.29, 1.82) is 0 Å². The van der Waals surface area contributed by atoms with Crippen LogP contribution in [-0.2, 0) is 9.53 Å². The van der Waals surface area contributed by atoms with Crippen LogP contribution in [0.2, 0.25) is 0 Å². The lowest BCUT2D eigenvalue weighted by molar-refractivity contribution is -0.134. The van der Waals surface area contributed by atoms with E-state index in [1.54, 1.807) is 6.08 Å². The van der Waals surface area contributed by atoms with E-state index in [4.69, 9.17) is 4.74 Å². The van der Waals surface area contributed by atoms with Gasteiger partial charge in [-0.25, -0.2) is 4.79 Å². The number of methoxy groups -OCH3 is 1. The Morgan fingerprint density at radius 2 is 1.89 bits per heavy atom. The molecule has 0 amide bonds. The molecule has 0 aliphatic rings. The lowest BCUT2D eigenvalue weighted by atomic mass is 10.00. The van der Waals surface area contributed by atoms with Gasteiger partial charge in [0.2, 0.25) is 0 Å². The van der Waals surface area contributed by atoms with Crippen molar-refractivity contribution in [3.8, 4) is 0 Å². The molecule has 1 aromatic carbocycles. The molecule has 0 aliphatic carbocycles. The quantitative estimate of drug-likeness (QED) is 0.445. The van der Waals surface area contributed by atoms with Gasteiger partial charge in [0.1, 0.15) is 0 Å². The Bertz CT molecular complexity index is 437. The summed E-state index contributed by atoms with van der Waals surface area (Å²) in [4.78, 5) is 11.4. The molecule has 0 atom stereocenters. The molecular formula is C16H20O2. The summed E-state index contributed by atoms with van der Waals surface area (Å²) < 4.78 is 4.70. The summed E-state index contributed by atoms with van der Waals surface area (Å²) in [5.41, 5.74) is 3.38. The third-order valence-corrected chi connectivity index (χ3v) is 2.60. The second-order valence-corrected chi connectivity index (χ2v) is 4.38. The smallest absolute Gasteiger partial charge is 0.330 e. The van der Waals surface area contributed by atoms with E-state index in [0.29, 0.717) is 0 Å². The van der Waals surface area contributed by atoms with Crippen LogP contribution >= 0.6 is 0 Å². The minimum atomic E-state index is -0.300. The molecule has 1 rings (SSSR count). The number of allylic oxidation sites excluding steroid dienone is 3. The normalized spacial score (nSPS) is 10.9. The number of benzene rings is 1. The van der Waals surface area contributed by atoms with Gasteiger partial charge in [0.15, 0.2) is 0 Å². The molecule has 0 aromatic heterocycles. The highest BCUT2D eigenvalue weighted by atomic mass is 16.5. The Kier molecular flexibility index (Phi) is 5.92. The van der Waals surface area contributed by atoms with Gasteiger partial charge < -0.3 is 4.74 Å². The fraction of sp³-hybridized carbons (Fsp3) is 0.312. The van der Waals surface area contributed by atoms with Gasteiger partial charge in [-0.15, -0.1) is 0 Å². The molecular weight excluding hydrogens is 224 g/mol. The first kappa shape index (κ1) is 14.2. The predicted octanol–water partition coefficient (Wildman–Crippen LogP) is 3.99. The molecule has 0 aliphatic heterocycles. The Balaban J connectivity index is 2.86. The predicted molar refractivity (Wildman–Crippen MR) is 75.1 cm³/mol. The molecule has 0 fully saturated rings. The lowest BCUT2D eigenvalue weighted by Gasteiger charge is -2.06. The standard InChI is InChI=1S/C16H20O2/c1-13(2)8-7-11-15(12-16(17)18-3)14-9-5-4-6-10-14/h4-6,8-10,12H,7,11H2,1-3H3/b15-12-. The second kappa shape index (κ2) is 7.49. The van der Waals surface area contributed by atoms with Crippen molar-refractivity contribution in [2.24, 2.45) is 0 Å². The molecule has 0 spiro atoms. The third kappa shape index (κ3) is 5.00. The molecule has 96 valence electrons. The van der Waals surface area contributed by atoms with E-state index in [1.165, 1.54) is 12.7 Å². The highest BCUT2D eigenvalue weighted by molar-refractivity contribution is 5.91. The zero-order valence-corrected chi connectivity index (χ0v) is 11.3. The van der Waals surface area contributed by atoms with Crippen molar-refractivity contribution in [1.82, 2.24) is 0 Å². The van der Waals surface area contributed by atoms with Crippen LogP contribution in [0.3, 0.4) is 0 Å². The number of esters is 1. The van der Waals surface area contributed by atoms with Crippen molar-refractivity contribution in [2.75, 3.05) is 7.11 Å². The first-order valence-electron chi connectivity index (χ1n) is 6.11.